The molecule has 0 atom stereocenters. The van der Waals surface area contributed by atoms with Gasteiger partial charge in [-0.05, 0) is 18.9 Å². The van der Waals surface area contributed by atoms with Crippen molar-refractivity contribution in [2.75, 3.05) is 43.4 Å². The summed E-state index contributed by atoms with van der Waals surface area (Å²) < 4.78 is 0. The van der Waals surface area contributed by atoms with E-state index < -0.39 is 0 Å². The van der Waals surface area contributed by atoms with E-state index in [2.05, 4.69) is 20.2 Å². The molecule has 1 aromatic rings. The van der Waals surface area contributed by atoms with Gasteiger partial charge in [0.15, 0.2) is 0 Å². The van der Waals surface area contributed by atoms with Gasteiger partial charge in [-0.1, -0.05) is 19.3 Å². The van der Waals surface area contributed by atoms with Gasteiger partial charge in [-0.15, -0.1) is 0 Å². The summed E-state index contributed by atoms with van der Waals surface area (Å²) in [5, 5.41) is 3.87. The Bertz CT molecular complexity index is 501. The summed E-state index contributed by atoms with van der Waals surface area (Å²) in [6.07, 6.45) is 10.4. The molecule has 132 valence electrons. The second kappa shape index (κ2) is 9.11. The molecule has 0 unspecified atom stereocenters. The maximum atomic E-state index is 12.2. The van der Waals surface area contributed by atoms with Crippen LogP contribution in [-0.4, -0.2) is 64.6 Å². The predicted octanol–water partition coefficient (Wildman–Crippen LogP) is 2.37. The fraction of sp³-hybridized carbons (Fsp3) is 0.706. The van der Waals surface area contributed by atoms with Gasteiger partial charge >= 0.3 is 6.03 Å². The minimum atomic E-state index is 0.0628. The molecule has 0 radical (unpaired) electrons. The van der Waals surface area contributed by atoms with Crippen LogP contribution in [0.5, 0.6) is 0 Å². The van der Waals surface area contributed by atoms with Gasteiger partial charge < -0.3 is 15.1 Å². The van der Waals surface area contributed by atoms with Gasteiger partial charge in [-0.3, -0.25) is 0 Å². The Morgan fingerprint density at radius 3 is 2.54 bits per heavy atom. The number of aromatic nitrogens is 2. The molecule has 2 aliphatic rings. The first-order valence-electron chi connectivity index (χ1n) is 8.99. The molecular formula is C17H27N5OS. The van der Waals surface area contributed by atoms with Crippen LogP contribution in [0.2, 0.25) is 0 Å². The van der Waals surface area contributed by atoms with Gasteiger partial charge in [0.1, 0.15) is 0 Å². The number of urea groups is 1. The lowest BCUT2D eigenvalue weighted by Gasteiger charge is -2.34. The number of nitrogens with one attached hydrogen (secondary N) is 1. The van der Waals surface area contributed by atoms with Crippen molar-refractivity contribution >= 4 is 23.7 Å². The highest BCUT2D eigenvalue weighted by molar-refractivity contribution is 7.99. The third-order valence-corrected chi connectivity index (χ3v) is 6.07. The number of rotatable bonds is 5. The average molecular weight is 350 g/mol. The van der Waals surface area contributed by atoms with Crippen LogP contribution in [-0.2, 0) is 0 Å². The van der Waals surface area contributed by atoms with Crippen LogP contribution in [0.1, 0.15) is 32.1 Å². The van der Waals surface area contributed by atoms with Crippen LogP contribution in [0.4, 0.5) is 10.7 Å². The Morgan fingerprint density at radius 2 is 1.83 bits per heavy atom. The Balaban J connectivity index is 1.32. The molecule has 0 bridgehead atoms. The maximum Gasteiger partial charge on any atom is 0.317 e. The van der Waals surface area contributed by atoms with Crippen LogP contribution in [0.25, 0.3) is 0 Å². The summed E-state index contributed by atoms with van der Waals surface area (Å²) in [4.78, 5) is 24.8. The van der Waals surface area contributed by atoms with Gasteiger partial charge in [-0.25, -0.2) is 14.8 Å². The lowest BCUT2D eigenvalue weighted by Crippen LogP contribution is -2.52. The van der Waals surface area contributed by atoms with E-state index in [1.54, 1.807) is 12.4 Å². The molecule has 1 aromatic heterocycles. The summed E-state index contributed by atoms with van der Waals surface area (Å²) >= 11 is 2.03. The second-order valence-electron chi connectivity index (χ2n) is 6.39. The smallest absolute Gasteiger partial charge is 0.317 e. The third kappa shape index (κ3) is 5.00. The van der Waals surface area contributed by atoms with Crippen molar-refractivity contribution in [1.29, 1.82) is 0 Å². The van der Waals surface area contributed by atoms with Crippen molar-refractivity contribution in [3.63, 3.8) is 0 Å². The average Bonchev–Trinajstić information content (AvgIpc) is 2.67. The van der Waals surface area contributed by atoms with E-state index in [4.69, 9.17) is 0 Å². The molecule has 7 heteroatoms. The van der Waals surface area contributed by atoms with Crippen molar-refractivity contribution in [3.8, 4) is 0 Å². The summed E-state index contributed by atoms with van der Waals surface area (Å²) in [5.74, 6) is 1.77. The van der Waals surface area contributed by atoms with E-state index in [9.17, 15) is 4.79 Å². The van der Waals surface area contributed by atoms with E-state index in [0.717, 1.165) is 49.7 Å². The summed E-state index contributed by atoms with van der Waals surface area (Å²) in [7, 11) is 0. The lowest BCUT2D eigenvalue weighted by molar-refractivity contribution is 0.195. The molecule has 2 fully saturated rings. The first-order chi connectivity index (χ1) is 11.8. The first kappa shape index (κ1) is 17.3. The Labute approximate surface area is 148 Å². The fourth-order valence-corrected chi connectivity index (χ4v) is 4.51. The number of hydrogen-bond donors (Lipinski definition) is 1. The van der Waals surface area contributed by atoms with Crippen LogP contribution < -0.4 is 10.2 Å². The van der Waals surface area contributed by atoms with E-state index in [-0.39, 0.29) is 6.03 Å². The predicted molar refractivity (Wildman–Crippen MR) is 98.5 cm³/mol. The number of anilines is 1. The van der Waals surface area contributed by atoms with Gasteiger partial charge in [-0.2, -0.15) is 11.8 Å². The molecular weight excluding hydrogens is 322 g/mol. The second-order valence-corrected chi connectivity index (χ2v) is 7.79. The van der Waals surface area contributed by atoms with Crippen molar-refractivity contribution < 1.29 is 4.79 Å². The zero-order valence-electron chi connectivity index (χ0n) is 14.2. The molecule has 1 aliphatic heterocycles. The number of carbonyl (C=O) groups excluding carboxylic acids is 1. The number of piperazine rings is 1. The number of thioether (sulfide) groups is 1. The summed E-state index contributed by atoms with van der Waals surface area (Å²) in [5.41, 5.74) is 0. The van der Waals surface area contributed by atoms with Crippen LogP contribution in [0, 0.1) is 0 Å². The maximum absolute atomic E-state index is 12.2. The number of amides is 2. The molecule has 1 aliphatic carbocycles. The largest absolute Gasteiger partial charge is 0.337 e. The van der Waals surface area contributed by atoms with Crippen molar-refractivity contribution in [1.82, 2.24) is 20.2 Å². The van der Waals surface area contributed by atoms with Crippen molar-refractivity contribution in [3.05, 3.63) is 18.5 Å². The Kier molecular flexibility index (Phi) is 6.57. The zero-order chi connectivity index (χ0) is 16.6. The SMILES string of the molecule is O=C(NCCSC1CCCCC1)N1CCN(c2ncccn2)CC1. The molecule has 24 heavy (non-hydrogen) atoms. The molecule has 1 saturated carbocycles. The Morgan fingerprint density at radius 1 is 1.12 bits per heavy atom. The highest BCUT2D eigenvalue weighted by atomic mass is 32.2. The fourth-order valence-electron chi connectivity index (χ4n) is 3.29. The van der Waals surface area contributed by atoms with E-state index in [0.29, 0.717) is 0 Å². The summed E-state index contributed by atoms with van der Waals surface area (Å²) in [6, 6.07) is 1.88. The quantitative estimate of drug-likeness (QED) is 0.827. The third-order valence-electron chi connectivity index (χ3n) is 4.69. The molecule has 6 nitrogen and oxygen atoms in total. The highest BCUT2D eigenvalue weighted by Crippen LogP contribution is 2.27. The molecule has 2 heterocycles. The normalized spacial score (nSPS) is 19.3. The van der Waals surface area contributed by atoms with E-state index in [1.807, 2.05) is 22.7 Å². The molecule has 1 saturated heterocycles. The van der Waals surface area contributed by atoms with Crippen molar-refractivity contribution in [2.45, 2.75) is 37.4 Å². The Hall–Kier alpha value is -1.50. The number of nitrogens with zero attached hydrogens (tertiary/aromatic N) is 4. The molecule has 3 rings (SSSR count). The minimum Gasteiger partial charge on any atom is -0.337 e. The van der Waals surface area contributed by atoms with Crippen LogP contribution in [0.3, 0.4) is 0 Å². The van der Waals surface area contributed by atoms with Crippen LogP contribution in [0.15, 0.2) is 18.5 Å². The monoisotopic (exact) mass is 349 g/mol. The van der Waals surface area contributed by atoms with Gasteiger partial charge in [0.2, 0.25) is 5.95 Å². The standard InChI is InChI=1S/C17H27N5OS/c23-17(20-9-14-24-15-5-2-1-3-6-15)22-12-10-21(11-13-22)16-18-7-4-8-19-16/h4,7-8,15H,1-3,5-6,9-14H2,(H,20,23). The summed E-state index contributed by atoms with van der Waals surface area (Å²) in [6.45, 7) is 3.78. The van der Waals surface area contributed by atoms with Gasteiger partial charge in [0.25, 0.3) is 0 Å². The van der Waals surface area contributed by atoms with Gasteiger partial charge in [0.05, 0.1) is 0 Å². The molecule has 0 spiro atoms. The minimum absolute atomic E-state index is 0.0628. The van der Waals surface area contributed by atoms with E-state index >= 15 is 0 Å². The molecule has 2 amide bonds. The number of carbonyl (C=O) groups is 1. The topological polar surface area (TPSA) is 61.4 Å². The highest BCUT2D eigenvalue weighted by Gasteiger charge is 2.22. The molecule has 1 N–H and O–H groups in total. The first-order valence-corrected chi connectivity index (χ1v) is 10.0. The van der Waals surface area contributed by atoms with Gasteiger partial charge in [0, 0.05) is 56.1 Å². The number of hydrogen-bond acceptors (Lipinski definition) is 5. The lowest BCUT2D eigenvalue weighted by atomic mass is 10.0. The van der Waals surface area contributed by atoms with E-state index in [1.165, 1.54) is 32.1 Å². The zero-order valence-corrected chi connectivity index (χ0v) is 15.0. The molecule has 0 aromatic carbocycles. The van der Waals surface area contributed by atoms with Crippen LogP contribution >= 0.6 is 11.8 Å². The van der Waals surface area contributed by atoms with Crippen molar-refractivity contribution in [2.24, 2.45) is 0 Å².